The lowest BCUT2D eigenvalue weighted by atomic mass is 10.1. The van der Waals surface area contributed by atoms with Crippen LogP contribution in [-0.2, 0) is 11.2 Å². The molecule has 1 aromatic carbocycles. The summed E-state index contributed by atoms with van der Waals surface area (Å²) in [7, 11) is 0. The summed E-state index contributed by atoms with van der Waals surface area (Å²) in [6.45, 7) is 4.47. The van der Waals surface area contributed by atoms with Gasteiger partial charge >= 0.3 is 5.97 Å². The highest BCUT2D eigenvalue weighted by molar-refractivity contribution is 5.78. The number of aromatic nitrogens is 2. The molecule has 1 aliphatic rings. The molecule has 0 amide bonds. The van der Waals surface area contributed by atoms with E-state index in [1.807, 2.05) is 36.7 Å². The Hall–Kier alpha value is -2.23. The van der Waals surface area contributed by atoms with Crippen LogP contribution in [0.25, 0.3) is 11.4 Å². The maximum absolute atomic E-state index is 12.4. The lowest BCUT2D eigenvalue weighted by molar-refractivity contribution is -0.136. The van der Waals surface area contributed by atoms with Crippen molar-refractivity contribution in [3.63, 3.8) is 0 Å². The summed E-state index contributed by atoms with van der Waals surface area (Å²) in [6, 6.07) is 7.56. The van der Waals surface area contributed by atoms with E-state index in [0.29, 0.717) is 17.5 Å². The van der Waals surface area contributed by atoms with Crippen LogP contribution in [0.1, 0.15) is 96.5 Å². The molecule has 0 bridgehead atoms. The fourth-order valence-electron chi connectivity index (χ4n) is 4.29. The number of esters is 1. The Morgan fingerprint density at radius 3 is 2.19 bits per heavy atom. The standard InChI is InChI=1S/C28H40N2O2/c1-3-5-7-9-10-11-13-22-20-29-27(30-21-22)23-15-17-25(18-16-23)32-28(31)26-19-24(26)14-12-8-6-4-2/h15-18,20-21,24,26H,3-14,19H2,1-2H3/t24-,26-/m1/s1. The molecule has 0 spiro atoms. The first-order valence-corrected chi connectivity index (χ1v) is 12.8. The van der Waals surface area contributed by atoms with Crippen molar-refractivity contribution in [3.05, 3.63) is 42.2 Å². The van der Waals surface area contributed by atoms with Crippen LogP contribution in [0, 0.1) is 11.8 Å². The highest BCUT2D eigenvalue weighted by Crippen LogP contribution is 2.43. The molecule has 174 valence electrons. The maximum atomic E-state index is 12.4. The topological polar surface area (TPSA) is 52.1 Å². The fourth-order valence-corrected chi connectivity index (χ4v) is 4.29. The molecule has 1 heterocycles. The first kappa shape index (κ1) is 24.4. The molecule has 32 heavy (non-hydrogen) atoms. The molecule has 2 aromatic rings. The number of rotatable bonds is 15. The number of hydrogen-bond donors (Lipinski definition) is 0. The van der Waals surface area contributed by atoms with E-state index in [0.717, 1.165) is 24.8 Å². The third-order valence-corrected chi connectivity index (χ3v) is 6.51. The number of benzene rings is 1. The number of nitrogens with zero attached hydrogens (tertiary/aromatic N) is 2. The highest BCUT2D eigenvalue weighted by Gasteiger charge is 2.43. The van der Waals surface area contributed by atoms with Crippen molar-refractivity contribution in [1.29, 1.82) is 0 Å². The SMILES string of the molecule is CCCCCCCCc1cnc(-c2ccc(OC(=O)[C@@H]3C[C@H]3CCCCCC)cc2)nc1. The summed E-state index contributed by atoms with van der Waals surface area (Å²) < 4.78 is 5.61. The fraction of sp³-hybridized carbons (Fsp3) is 0.607. The molecule has 3 rings (SSSR count). The predicted octanol–water partition coefficient (Wildman–Crippen LogP) is 7.56. The number of carbonyl (C=O) groups excluding carboxylic acids is 1. The molecule has 0 aliphatic heterocycles. The van der Waals surface area contributed by atoms with Crippen LogP contribution in [0.2, 0.25) is 0 Å². The average Bonchev–Trinajstić information content (AvgIpc) is 3.60. The van der Waals surface area contributed by atoms with Crippen molar-refractivity contribution in [1.82, 2.24) is 9.97 Å². The summed E-state index contributed by atoms with van der Waals surface area (Å²) in [5.74, 6) is 1.87. The van der Waals surface area contributed by atoms with Crippen molar-refractivity contribution >= 4 is 5.97 Å². The zero-order chi connectivity index (χ0) is 22.6. The molecule has 0 unspecified atom stereocenters. The molecule has 1 saturated carbocycles. The molecule has 4 heteroatoms. The van der Waals surface area contributed by atoms with Crippen LogP contribution in [0.4, 0.5) is 0 Å². The summed E-state index contributed by atoms with van der Waals surface area (Å²) in [6.07, 6.45) is 19.9. The lowest BCUT2D eigenvalue weighted by Crippen LogP contribution is -2.11. The molecule has 1 aliphatic carbocycles. The van der Waals surface area contributed by atoms with Gasteiger partial charge in [0.05, 0.1) is 5.92 Å². The summed E-state index contributed by atoms with van der Waals surface area (Å²) in [5.41, 5.74) is 2.14. The Labute approximate surface area is 194 Å². The van der Waals surface area contributed by atoms with Gasteiger partial charge in [0.2, 0.25) is 0 Å². The van der Waals surface area contributed by atoms with Crippen LogP contribution in [-0.4, -0.2) is 15.9 Å². The summed E-state index contributed by atoms with van der Waals surface area (Å²) in [4.78, 5) is 21.5. The van der Waals surface area contributed by atoms with Gasteiger partial charge in [0.25, 0.3) is 0 Å². The minimum absolute atomic E-state index is 0.0754. The van der Waals surface area contributed by atoms with Gasteiger partial charge in [0.1, 0.15) is 5.75 Å². The number of ether oxygens (including phenoxy) is 1. The van der Waals surface area contributed by atoms with E-state index in [4.69, 9.17) is 4.74 Å². The third kappa shape index (κ3) is 8.03. The second-order valence-corrected chi connectivity index (χ2v) is 9.33. The first-order valence-electron chi connectivity index (χ1n) is 12.8. The average molecular weight is 437 g/mol. The van der Waals surface area contributed by atoms with E-state index >= 15 is 0 Å². The molecule has 4 nitrogen and oxygen atoms in total. The van der Waals surface area contributed by atoms with Crippen LogP contribution in [0.15, 0.2) is 36.7 Å². The normalized spacial score (nSPS) is 17.3. The first-order chi connectivity index (χ1) is 15.7. The second-order valence-electron chi connectivity index (χ2n) is 9.33. The van der Waals surface area contributed by atoms with Gasteiger partial charge in [0, 0.05) is 18.0 Å². The van der Waals surface area contributed by atoms with Crippen molar-refractivity contribution in [3.8, 4) is 17.1 Å². The number of carbonyl (C=O) groups is 1. The minimum atomic E-state index is -0.0754. The van der Waals surface area contributed by atoms with Crippen molar-refractivity contribution in [2.24, 2.45) is 11.8 Å². The zero-order valence-electron chi connectivity index (χ0n) is 20.0. The van der Waals surface area contributed by atoms with E-state index in [-0.39, 0.29) is 11.9 Å². The quantitative estimate of drug-likeness (QED) is 0.164. The molecular formula is C28H40N2O2. The molecule has 1 fully saturated rings. The summed E-state index contributed by atoms with van der Waals surface area (Å²) in [5, 5.41) is 0. The van der Waals surface area contributed by atoms with Crippen molar-refractivity contribution < 1.29 is 9.53 Å². The Kier molecular flexibility index (Phi) is 10.2. The van der Waals surface area contributed by atoms with E-state index in [9.17, 15) is 4.79 Å². The second kappa shape index (κ2) is 13.3. The maximum Gasteiger partial charge on any atom is 0.314 e. The van der Waals surface area contributed by atoms with Crippen molar-refractivity contribution in [2.75, 3.05) is 0 Å². The van der Waals surface area contributed by atoms with Gasteiger partial charge < -0.3 is 4.74 Å². The predicted molar refractivity (Wildman–Crippen MR) is 131 cm³/mol. The van der Waals surface area contributed by atoms with Gasteiger partial charge in [-0.1, -0.05) is 71.6 Å². The van der Waals surface area contributed by atoms with Gasteiger partial charge in [-0.3, -0.25) is 4.79 Å². The van der Waals surface area contributed by atoms with Crippen LogP contribution in [0.3, 0.4) is 0 Å². The zero-order valence-corrected chi connectivity index (χ0v) is 20.0. The van der Waals surface area contributed by atoms with Crippen LogP contribution in [0.5, 0.6) is 5.75 Å². The van der Waals surface area contributed by atoms with Gasteiger partial charge in [-0.15, -0.1) is 0 Å². The monoisotopic (exact) mass is 436 g/mol. The summed E-state index contributed by atoms with van der Waals surface area (Å²) >= 11 is 0. The van der Waals surface area contributed by atoms with Crippen molar-refractivity contribution in [2.45, 2.75) is 97.3 Å². The highest BCUT2D eigenvalue weighted by atomic mass is 16.5. The Balaban J connectivity index is 1.40. The smallest absolute Gasteiger partial charge is 0.314 e. The van der Waals surface area contributed by atoms with Gasteiger partial charge in [-0.05, 0) is 61.4 Å². The van der Waals surface area contributed by atoms with Crippen LogP contribution >= 0.6 is 0 Å². The third-order valence-electron chi connectivity index (χ3n) is 6.51. The van der Waals surface area contributed by atoms with E-state index in [1.165, 1.54) is 69.8 Å². The Morgan fingerprint density at radius 1 is 0.875 bits per heavy atom. The Morgan fingerprint density at radius 2 is 1.50 bits per heavy atom. The van der Waals surface area contributed by atoms with E-state index in [1.54, 1.807) is 0 Å². The number of hydrogen-bond acceptors (Lipinski definition) is 4. The van der Waals surface area contributed by atoms with E-state index in [2.05, 4.69) is 23.8 Å². The molecule has 1 aromatic heterocycles. The lowest BCUT2D eigenvalue weighted by Gasteiger charge is -2.06. The van der Waals surface area contributed by atoms with Gasteiger partial charge in [0.15, 0.2) is 5.82 Å². The molecule has 0 N–H and O–H groups in total. The largest absolute Gasteiger partial charge is 0.426 e. The van der Waals surface area contributed by atoms with E-state index < -0.39 is 0 Å². The molecule has 0 radical (unpaired) electrons. The molecule has 2 atom stereocenters. The molecular weight excluding hydrogens is 396 g/mol. The Bertz CT molecular complexity index is 801. The minimum Gasteiger partial charge on any atom is -0.426 e. The number of aryl methyl sites for hydroxylation is 1. The van der Waals surface area contributed by atoms with Crippen LogP contribution < -0.4 is 4.74 Å². The van der Waals surface area contributed by atoms with Gasteiger partial charge in [-0.25, -0.2) is 9.97 Å². The molecule has 0 saturated heterocycles. The van der Waals surface area contributed by atoms with Gasteiger partial charge in [-0.2, -0.15) is 0 Å². The number of unbranched alkanes of at least 4 members (excludes halogenated alkanes) is 8.